The lowest BCUT2D eigenvalue weighted by Gasteiger charge is -2.36. The number of hydrogen-bond acceptors (Lipinski definition) is 10. The summed E-state index contributed by atoms with van der Waals surface area (Å²) in [6.45, 7) is 8.49. The fourth-order valence-electron chi connectivity index (χ4n) is 8.34. The zero-order valence-corrected chi connectivity index (χ0v) is 35.7. The van der Waals surface area contributed by atoms with Crippen molar-refractivity contribution in [2.45, 2.75) is 101 Å². The predicted octanol–water partition coefficient (Wildman–Crippen LogP) is 5.58. The van der Waals surface area contributed by atoms with E-state index in [9.17, 15) is 40.8 Å². The van der Waals surface area contributed by atoms with E-state index in [1.165, 1.54) is 18.1 Å². The predicted molar refractivity (Wildman–Crippen MR) is 219 cm³/mol. The Hall–Kier alpha value is -4.97. The molecule has 0 radical (unpaired) electrons. The number of carbonyl (C=O) groups excluding carboxylic acids is 4. The molecular weight excluding hydrogens is 841 g/mol. The molecule has 1 aromatic carbocycles. The zero-order valence-electron chi connectivity index (χ0n) is 34.1. The fourth-order valence-corrected chi connectivity index (χ4v) is 9.99. The maximum absolute atomic E-state index is 14.9. The number of aromatic nitrogens is 2. The quantitative estimate of drug-likeness (QED) is 0.206. The first-order chi connectivity index (χ1) is 28.7. The van der Waals surface area contributed by atoms with E-state index in [1.54, 1.807) is 63.4 Å². The molecule has 0 bridgehead atoms. The van der Waals surface area contributed by atoms with Crippen LogP contribution in [-0.2, 0) is 29.2 Å². The summed E-state index contributed by atoms with van der Waals surface area (Å²) in [6.07, 6.45) is -2.45. The van der Waals surface area contributed by atoms with E-state index in [2.05, 4.69) is 21.6 Å². The Bertz CT molecular complexity index is 2360. The van der Waals surface area contributed by atoms with Gasteiger partial charge in [0.25, 0.3) is 5.91 Å². The molecule has 2 aromatic heterocycles. The van der Waals surface area contributed by atoms with E-state index in [0.717, 1.165) is 4.90 Å². The molecule has 4 fully saturated rings. The molecule has 2 unspecified atom stereocenters. The number of benzene rings is 1. The molecular formula is C42H48ClF3N6O8S. The van der Waals surface area contributed by atoms with Crippen LogP contribution in [0.5, 0.6) is 11.5 Å². The van der Waals surface area contributed by atoms with Crippen LogP contribution in [0.15, 0.2) is 55.3 Å². The van der Waals surface area contributed by atoms with Crippen LogP contribution in [-0.4, -0.2) is 107 Å². The molecule has 0 spiro atoms. The van der Waals surface area contributed by atoms with Crippen molar-refractivity contribution in [3.8, 4) is 22.9 Å². The second kappa shape index (κ2) is 16.4. The molecule has 2 aliphatic heterocycles. The van der Waals surface area contributed by atoms with Gasteiger partial charge in [0.05, 0.1) is 41.7 Å². The van der Waals surface area contributed by atoms with E-state index in [1.807, 2.05) is 0 Å². The third-order valence-corrected chi connectivity index (χ3v) is 14.2. The molecule has 3 aromatic rings. The van der Waals surface area contributed by atoms with E-state index in [4.69, 9.17) is 26.1 Å². The number of fused-ring (bicyclic) bond motifs is 1. The van der Waals surface area contributed by atoms with Crippen LogP contribution in [0.4, 0.5) is 13.2 Å². The van der Waals surface area contributed by atoms with Gasteiger partial charge in [-0.3, -0.25) is 28.9 Å². The summed E-state index contributed by atoms with van der Waals surface area (Å²) in [5.74, 6) is -4.42. The molecule has 2 saturated heterocycles. The van der Waals surface area contributed by atoms with Crippen LogP contribution < -0.4 is 19.5 Å². The highest BCUT2D eigenvalue weighted by molar-refractivity contribution is 7.91. The number of rotatable bonds is 13. The fraction of sp³-hybridized carbons (Fsp3) is 0.524. The molecule has 4 aliphatic rings. The van der Waals surface area contributed by atoms with Gasteiger partial charge in [-0.1, -0.05) is 44.5 Å². The number of halogens is 4. The highest BCUT2D eigenvalue weighted by Gasteiger charge is 2.62. The van der Waals surface area contributed by atoms with Gasteiger partial charge in [0.2, 0.25) is 27.7 Å². The van der Waals surface area contributed by atoms with Crippen molar-refractivity contribution in [2.75, 3.05) is 20.2 Å². The Kier molecular flexibility index (Phi) is 11.8. The Morgan fingerprint density at radius 3 is 2.41 bits per heavy atom. The van der Waals surface area contributed by atoms with Crippen LogP contribution >= 0.6 is 11.6 Å². The number of hydrogen-bond donors (Lipinski definition) is 2. The monoisotopic (exact) mass is 888 g/mol. The van der Waals surface area contributed by atoms with Crippen molar-refractivity contribution in [3.63, 3.8) is 0 Å². The molecule has 2 saturated carbocycles. The summed E-state index contributed by atoms with van der Waals surface area (Å²) in [5.41, 5.74) is -1.45. The molecule has 4 amide bonds. The van der Waals surface area contributed by atoms with Gasteiger partial charge in [-0.25, -0.2) is 13.4 Å². The molecule has 2 aliphatic carbocycles. The summed E-state index contributed by atoms with van der Waals surface area (Å²) < 4.78 is 81.7. The lowest BCUT2D eigenvalue weighted by Crippen LogP contribution is -2.57. The number of pyridine rings is 2. The van der Waals surface area contributed by atoms with Gasteiger partial charge >= 0.3 is 6.18 Å². The second-order valence-corrected chi connectivity index (χ2v) is 19.6. The zero-order chi connectivity index (χ0) is 44.2. The van der Waals surface area contributed by atoms with Gasteiger partial charge in [-0.15, -0.1) is 6.58 Å². The maximum Gasteiger partial charge on any atom is 0.408 e. The van der Waals surface area contributed by atoms with E-state index < -0.39 is 92.5 Å². The molecule has 2 N–H and O–H groups in total. The first-order valence-electron chi connectivity index (χ1n) is 20.1. The first kappa shape index (κ1) is 44.1. The number of sulfonamides is 1. The van der Waals surface area contributed by atoms with Crippen LogP contribution in [0.2, 0.25) is 5.02 Å². The summed E-state index contributed by atoms with van der Waals surface area (Å²) >= 11 is 6.76. The second-order valence-electron chi connectivity index (χ2n) is 17.3. The summed E-state index contributed by atoms with van der Waals surface area (Å²) in [7, 11) is -2.54. The minimum Gasteiger partial charge on any atom is -0.495 e. The lowest BCUT2D eigenvalue weighted by atomic mass is 9.77. The number of nitrogens with zero attached hydrogens (tertiary/aromatic N) is 4. The third-order valence-electron chi connectivity index (χ3n) is 12.1. The average Bonchev–Trinajstić information content (AvgIpc) is 4.08. The van der Waals surface area contributed by atoms with Crippen LogP contribution in [0.1, 0.15) is 65.7 Å². The van der Waals surface area contributed by atoms with Crippen molar-refractivity contribution < 1.29 is 50.2 Å². The number of alkyl halides is 3. The van der Waals surface area contributed by atoms with Crippen LogP contribution in [0, 0.1) is 17.3 Å². The van der Waals surface area contributed by atoms with Crippen molar-refractivity contribution >= 4 is 56.2 Å². The maximum atomic E-state index is 14.9. The Balaban J connectivity index is 1.23. The molecule has 7 rings (SSSR count). The standard InChI is InChI=1S/C42H48ClF3N6O8S/c1-6-23-21-41(23,39(56)50-61(57,58)25-12-13-25)49-37(54)30-18-24(22-52(30)38(55)27(40(2,3)4)19-34(53)51-17-9-11-33(51)42(44,45)46)60-32-20-29(28-10-7-8-16-47-28)48-36-26(32)14-15-31(59-5)35(36)43/h6-8,10,14-16,20,23-25,27,30,33H,1,9,11-13,17-19,21-22H2,2-5H3,(H,49,54)(H,50,56)/t23?,24-,27-,30+,33?,41-/m1/s1. The largest absolute Gasteiger partial charge is 0.495 e. The Morgan fingerprint density at radius 1 is 1.07 bits per heavy atom. The average molecular weight is 889 g/mol. The van der Waals surface area contributed by atoms with Gasteiger partial charge in [0, 0.05) is 43.0 Å². The summed E-state index contributed by atoms with van der Waals surface area (Å²) in [6, 6.07) is 6.94. The molecule has 328 valence electrons. The van der Waals surface area contributed by atoms with E-state index in [-0.39, 0.29) is 49.5 Å². The number of ether oxygens (including phenoxy) is 2. The SMILES string of the molecule is C=CC1C[C@]1(NC(=O)[C@@H]1C[C@@H](Oc2cc(-c3ccccn3)nc3c(Cl)c(OC)ccc23)CN1C(=O)[C@@H](CC(=O)N1CCCC1C(F)(F)F)C(C)(C)C)C(=O)NS(=O)(=O)C1CC1. The lowest BCUT2D eigenvalue weighted by molar-refractivity contribution is -0.183. The molecule has 14 nitrogen and oxygen atoms in total. The third kappa shape index (κ3) is 8.88. The van der Waals surface area contributed by atoms with Crippen molar-refractivity contribution in [1.29, 1.82) is 0 Å². The van der Waals surface area contributed by atoms with Crippen molar-refractivity contribution in [3.05, 3.63) is 60.3 Å². The highest BCUT2D eigenvalue weighted by Crippen LogP contribution is 2.46. The van der Waals surface area contributed by atoms with Gasteiger partial charge in [-0.2, -0.15) is 13.2 Å². The number of amides is 4. The molecule has 6 atom stereocenters. The summed E-state index contributed by atoms with van der Waals surface area (Å²) in [4.78, 5) is 67.9. The highest BCUT2D eigenvalue weighted by atomic mass is 35.5. The van der Waals surface area contributed by atoms with Gasteiger partial charge in [-0.05, 0) is 61.8 Å². The molecule has 4 heterocycles. The number of carbonyl (C=O) groups is 4. The first-order valence-corrected chi connectivity index (χ1v) is 22.0. The van der Waals surface area contributed by atoms with Gasteiger partial charge < -0.3 is 24.6 Å². The topological polar surface area (TPSA) is 177 Å². The van der Waals surface area contributed by atoms with Gasteiger partial charge in [0.15, 0.2) is 0 Å². The van der Waals surface area contributed by atoms with Crippen molar-refractivity contribution in [2.24, 2.45) is 17.3 Å². The minimum absolute atomic E-state index is 0.0493. The van der Waals surface area contributed by atoms with E-state index in [0.29, 0.717) is 40.9 Å². The Labute approximate surface area is 356 Å². The van der Waals surface area contributed by atoms with E-state index >= 15 is 0 Å². The van der Waals surface area contributed by atoms with Gasteiger partial charge in [0.1, 0.15) is 40.2 Å². The smallest absolute Gasteiger partial charge is 0.408 e. The van der Waals surface area contributed by atoms with Crippen LogP contribution in [0.25, 0.3) is 22.3 Å². The number of likely N-dealkylation sites (tertiary alicyclic amines) is 2. The number of methoxy groups -OCH3 is 1. The van der Waals surface area contributed by atoms with Crippen molar-refractivity contribution in [1.82, 2.24) is 29.8 Å². The van der Waals surface area contributed by atoms with Crippen LogP contribution in [0.3, 0.4) is 0 Å². The molecule has 61 heavy (non-hydrogen) atoms. The normalized spacial score (nSPS) is 24.6. The molecule has 19 heteroatoms. The number of nitrogens with one attached hydrogen (secondary N) is 2. The minimum atomic E-state index is -4.65. The Morgan fingerprint density at radius 2 is 1.80 bits per heavy atom. The summed E-state index contributed by atoms with van der Waals surface area (Å²) in [5, 5.41) is 2.69.